The predicted octanol–water partition coefficient (Wildman–Crippen LogP) is 4.52. The average Bonchev–Trinajstić information content (AvgIpc) is 2.30. The van der Waals surface area contributed by atoms with E-state index in [1.54, 1.807) is 0 Å². The van der Waals surface area contributed by atoms with Crippen LogP contribution in [0.15, 0.2) is 48.5 Å². The molecule has 16 heavy (non-hydrogen) atoms. The first-order chi connectivity index (χ1) is 7.74. The minimum absolute atomic E-state index is 0.582. The van der Waals surface area contributed by atoms with Crippen LogP contribution in [0.4, 0.5) is 0 Å². The first-order valence-electron chi connectivity index (χ1n) is 4.87. The Bertz CT molecular complexity index is 405. The summed E-state index contributed by atoms with van der Waals surface area (Å²) in [5.74, 6) is 0.836. The lowest BCUT2D eigenvalue weighted by molar-refractivity contribution is 0.306. The number of hydrogen-bond acceptors (Lipinski definition) is 1. The highest BCUT2D eigenvalue weighted by molar-refractivity contribution is 14.1. The highest BCUT2D eigenvalue weighted by atomic mass is 127. The number of rotatable bonds is 3. The Morgan fingerprint density at radius 3 is 2.19 bits per heavy atom. The highest BCUT2D eigenvalue weighted by Crippen LogP contribution is 2.17. The molecule has 3 heteroatoms. The molecule has 2 aromatic rings. The summed E-state index contributed by atoms with van der Waals surface area (Å²) in [7, 11) is 0. The summed E-state index contributed by atoms with van der Waals surface area (Å²) in [6.07, 6.45) is 0. The fourth-order valence-electron chi connectivity index (χ4n) is 1.28. The van der Waals surface area contributed by atoms with Gasteiger partial charge in [-0.15, -0.1) is 0 Å². The van der Waals surface area contributed by atoms with Crippen molar-refractivity contribution in [2.45, 2.75) is 6.61 Å². The van der Waals surface area contributed by atoms with Gasteiger partial charge in [0.2, 0.25) is 0 Å². The van der Waals surface area contributed by atoms with Crippen molar-refractivity contribution in [3.8, 4) is 5.75 Å². The standard InChI is InChI=1S/C13H10ClIO/c14-11-3-7-13(8-4-11)16-9-10-1-5-12(15)6-2-10/h1-8H,9H2. The zero-order valence-electron chi connectivity index (χ0n) is 8.49. The molecule has 0 unspecified atom stereocenters. The zero-order chi connectivity index (χ0) is 11.4. The molecular formula is C13H10ClIO. The largest absolute Gasteiger partial charge is 0.489 e. The third-order valence-electron chi connectivity index (χ3n) is 2.13. The summed E-state index contributed by atoms with van der Waals surface area (Å²) in [5.41, 5.74) is 1.16. The number of hydrogen-bond donors (Lipinski definition) is 0. The molecule has 0 aliphatic carbocycles. The normalized spacial score (nSPS) is 10.1. The maximum absolute atomic E-state index is 5.79. The van der Waals surface area contributed by atoms with Crippen molar-refractivity contribution in [3.63, 3.8) is 0 Å². The molecule has 0 aromatic heterocycles. The van der Waals surface area contributed by atoms with Crippen LogP contribution in [0, 0.1) is 3.57 Å². The molecule has 0 saturated heterocycles. The maximum atomic E-state index is 5.79. The van der Waals surface area contributed by atoms with E-state index in [1.165, 1.54) is 3.57 Å². The van der Waals surface area contributed by atoms with Crippen LogP contribution in [-0.2, 0) is 6.61 Å². The molecule has 0 amide bonds. The lowest BCUT2D eigenvalue weighted by atomic mass is 10.2. The summed E-state index contributed by atoms with van der Waals surface area (Å²) in [4.78, 5) is 0. The van der Waals surface area contributed by atoms with E-state index in [2.05, 4.69) is 46.9 Å². The molecule has 0 aliphatic heterocycles. The van der Waals surface area contributed by atoms with Crippen LogP contribution in [0.25, 0.3) is 0 Å². The Hall–Kier alpha value is -0.740. The van der Waals surface area contributed by atoms with Crippen molar-refractivity contribution in [3.05, 3.63) is 62.7 Å². The monoisotopic (exact) mass is 344 g/mol. The minimum Gasteiger partial charge on any atom is -0.489 e. The molecule has 0 spiro atoms. The van der Waals surface area contributed by atoms with Crippen LogP contribution in [0.1, 0.15) is 5.56 Å². The summed E-state index contributed by atoms with van der Waals surface area (Å²) in [6, 6.07) is 15.7. The van der Waals surface area contributed by atoms with Crippen molar-refractivity contribution in [1.29, 1.82) is 0 Å². The van der Waals surface area contributed by atoms with Crippen LogP contribution in [0.2, 0.25) is 5.02 Å². The second kappa shape index (κ2) is 5.55. The van der Waals surface area contributed by atoms with E-state index in [9.17, 15) is 0 Å². The smallest absolute Gasteiger partial charge is 0.119 e. The molecule has 0 bridgehead atoms. The van der Waals surface area contributed by atoms with E-state index in [4.69, 9.17) is 16.3 Å². The van der Waals surface area contributed by atoms with Gasteiger partial charge < -0.3 is 4.74 Å². The van der Waals surface area contributed by atoms with Gasteiger partial charge in [0, 0.05) is 8.59 Å². The molecule has 0 fully saturated rings. The highest BCUT2D eigenvalue weighted by Gasteiger charge is 1.96. The van der Waals surface area contributed by atoms with E-state index in [1.807, 2.05) is 24.3 Å². The van der Waals surface area contributed by atoms with Crippen molar-refractivity contribution < 1.29 is 4.74 Å². The van der Waals surface area contributed by atoms with Gasteiger partial charge in [0.05, 0.1) is 0 Å². The Labute approximate surface area is 114 Å². The average molecular weight is 345 g/mol. The Morgan fingerprint density at radius 1 is 0.938 bits per heavy atom. The minimum atomic E-state index is 0.582. The third-order valence-corrected chi connectivity index (χ3v) is 3.10. The van der Waals surface area contributed by atoms with E-state index in [-0.39, 0.29) is 0 Å². The third kappa shape index (κ3) is 3.39. The van der Waals surface area contributed by atoms with Gasteiger partial charge in [-0.1, -0.05) is 23.7 Å². The summed E-state index contributed by atoms with van der Waals surface area (Å²) in [6.45, 7) is 0.582. The van der Waals surface area contributed by atoms with Gasteiger partial charge in [-0.05, 0) is 64.6 Å². The first kappa shape index (κ1) is 11.7. The van der Waals surface area contributed by atoms with Crippen molar-refractivity contribution in [2.24, 2.45) is 0 Å². The van der Waals surface area contributed by atoms with Gasteiger partial charge in [-0.2, -0.15) is 0 Å². The lowest BCUT2D eigenvalue weighted by Crippen LogP contribution is -1.94. The zero-order valence-corrected chi connectivity index (χ0v) is 11.4. The van der Waals surface area contributed by atoms with E-state index >= 15 is 0 Å². The molecule has 2 rings (SSSR count). The molecule has 1 nitrogen and oxygen atoms in total. The van der Waals surface area contributed by atoms with Crippen LogP contribution >= 0.6 is 34.2 Å². The molecule has 0 N–H and O–H groups in total. The topological polar surface area (TPSA) is 9.23 Å². The van der Waals surface area contributed by atoms with E-state index < -0.39 is 0 Å². The Balaban J connectivity index is 1.97. The van der Waals surface area contributed by atoms with Gasteiger partial charge in [0.25, 0.3) is 0 Å². The van der Waals surface area contributed by atoms with Crippen LogP contribution in [0.5, 0.6) is 5.75 Å². The molecule has 0 aliphatic rings. The number of ether oxygens (including phenoxy) is 1. The Kier molecular flexibility index (Phi) is 4.07. The fraction of sp³-hybridized carbons (Fsp3) is 0.0769. The van der Waals surface area contributed by atoms with Gasteiger partial charge in [0.15, 0.2) is 0 Å². The van der Waals surface area contributed by atoms with Crippen molar-refractivity contribution >= 4 is 34.2 Å². The first-order valence-corrected chi connectivity index (χ1v) is 6.32. The fourth-order valence-corrected chi connectivity index (χ4v) is 1.76. The van der Waals surface area contributed by atoms with Gasteiger partial charge in [-0.25, -0.2) is 0 Å². The molecule has 0 saturated carbocycles. The summed E-state index contributed by atoms with van der Waals surface area (Å²) < 4.78 is 6.86. The number of benzene rings is 2. The summed E-state index contributed by atoms with van der Waals surface area (Å²) in [5, 5.41) is 0.724. The Morgan fingerprint density at radius 2 is 1.56 bits per heavy atom. The SMILES string of the molecule is Clc1ccc(OCc2ccc(I)cc2)cc1. The van der Waals surface area contributed by atoms with E-state index in [0.717, 1.165) is 16.3 Å². The van der Waals surface area contributed by atoms with Crippen LogP contribution in [0.3, 0.4) is 0 Å². The van der Waals surface area contributed by atoms with Crippen molar-refractivity contribution in [1.82, 2.24) is 0 Å². The van der Waals surface area contributed by atoms with Crippen LogP contribution in [-0.4, -0.2) is 0 Å². The quantitative estimate of drug-likeness (QED) is 0.744. The molecular weight excluding hydrogens is 334 g/mol. The predicted molar refractivity (Wildman–Crippen MR) is 74.9 cm³/mol. The van der Waals surface area contributed by atoms with Crippen LogP contribution < -0.4 is 4.74 Å². The lowest BCUT2D eigenvalue weighted by Gasteiger charge is -2.06. The number of halogens is 2. The molecule has 82 valence electrons. The molecule has 2 aromatic carbocycles. The molecule has 0 heterocycles. The molecule has 0 atom stereocenters. The molecule has 0 radical (unpaired) electrons. The van der Waals surface area contributed by atoms with E-state index in [0.29, 0.717) is 6.61 Å². The maximum Gasteiger partial charge on any atom is 0.119 e. The summed E-state index contributed by atoms with van der Waals surface area (Å²) >= 11 is 8.07. The van der Waals surface area contributed by atoms with Gasteiger partial charge in [0.1, 0.15) is 12.4 Å². The second-order valence-electron chi connectivity index (χ2n) is 3.37. The van der Waals surface area contributed by atoms with Crippen molar-refractivity contribution in [2.75, 3.05) is 0 Å². The van der Waals surface area contributed by atoms with Gasteiger partial charge in [-0.3, -0.25) is 0 Å². The van der Waals surface area contributed by atoms with Gasteiger partial charge >= 0.3 is 0 Å². The second-order valence-corrected chi connectivity index (χ2v) is 5.05.